The van der Waals surface area contributed by atoms with Crippen LogP contribution in [-0.4, -0.2) is 60.4 Å². The number of rotatable bonds is 5. The van der Waals surface area contributed by atoms with Gasteiger partial charge in [-0.15, -0.1) is 0 Å². The van der Waals surface area contributed by atoms with Gasteiger partial charge in [-0.05, 0) is 42.8 Å². The molecule has 36 heavy (non-hydrogen) atoms. The maximum Gasteiger partial charge on any atom is 0.271 e. The van der Waals surface area contributed by atoms with E-state index in [4.69, 9.17) is 5.10 Å². The van der Waals surface area contributed by atoms with Gasteiger partial charge in [0.2, 0.25) is 10.0 Å². The number of benzene rings is 2. The Morgan fingerprint density at radius 2 is 1.72 bits per heavy atom. The molecule has 0 N–H and O–H groups in total. The van der Waals surface area contributed by atoms with Crippen LogP contribution in [0.3, 0.4) is 0 Å². The van der Waals surface area contributed by atoms with E-state index in [1.54, 1.807) is 36.0 Å². The van der Waals surface area contributed by atoms with Crippen LogP contribution in [0.1, 0.15) is 12.5 Å². The third kappa shape index (κ3) is 4.26. The molecule has 1 aromatic heterocycles. The first-order valence-electron chi connectivity index (χ1n) is 10.9. The number of sulfonamides is 1. The number of carbonyl (C=O) groups is 2. The van der Waals surface area contributed by atoms with E-state index >= 15 is 0 Å². The highest BCUT2D eigenvalue weighted by atomic mass is 32.2. The van der Waals surface area contributed by atoms with Crippen LogP contribution in [0.25, 0.3) is 23.0 Å². The molecule has 0 unspecified atom stereocenters. The lowest BCUT2D eigenvalue weighted by molar-refractivity contribution is -0.138. The molecule has 9 nitrogen and oxygen atoms in total. The normalized spacial score (nSPS) is 15.7. The minimum atomic E-state index is -3.69. The molecule has 2 amide bonds. The Morgan fingerprint density at radius 1 is 1.03 bits per heavy atom. The van der Waals surface area contributed by atoms with Crippen molar-refractivity contribution in [2.24, 2.45) is 0 Å². The van der Waals surface area contributed by atoms with Crippen molar-refractivity contribution >= 4 is 27.9 Å². The molecular formula is C26H23N5O4S. The molecule has 2 aromatic carbocycles. The van der Waals surface area contributed by atoms with Gasteiger partial charge in [0.1, 0.15) is 17.3 Å². The second kappa shape index (κ2) is 9.37. The van der Waals surface area contributed by atoms with Gasteiger partial charge in [-0.2, -0.15) is 10.4 Å². The number of hydrogen-bond donors (Lipinski definition) is 0. The molecule has 0 saturated heterocycles. The van der Waals surface area contributed by atoms with Crippen molar-refractivity contribution in [3.05, 3.63) is 83.1 Å². The SMILES string of the molecule is CC1=C(C#N)C(=O)N(C)C(=O)/C1=C/c1cn(-c2ccccc2)nc1-c1cccc(S(=O)(=O)N(C)C)c1. The summed E-state index contributed by atoms with van der Waals surface area (Å²) in [6, 6.07) is 17.6. The summed E-state index contributed by atoms with van der Waals surface area (Å²) in [6.07, 6.45) is 3.29. The molecule has 1 aliphatic heterocycles. The van der Waals surface area contributed by atoms with E-state index in [2.05, 4.69) is 0 Å². The van der Waals surface area contributed by atoms with Crippen molar-refractivity contribution in [2.45, 2.75) is 11.8 Å². The zero-order valence-electron chi connectivity index (χ0n) is 20.1. The van der Waals surface area contributed by atoms with Gasteiger partial charge in [-0.25, -0.2) is 17.4 Å². The molecule has 0 bridgehead atoms. The van der Waals surface area contributed by atoms with Crippen LogP contribution in [0, 0.1) is 11.3 Å². The first-order valence-corrected chi connectivity index (χ1v) is 12.3. The largest absolute Gasteiger partial charge is 0.277 e. The average molecular weight is 502 g/mol. The monoisotopic (exact) mass is 501 g/mol. The number of amides is 2. The smallest absolute Gasteiger partial charge is 0.271 e. The highest BCUT2D eigenvalue weighted by Gasteiger charge is 2.33. The second-order valence-electron chi connectivity index (χ2n) is 8.37. The molecule has 10 heteroatoms. The minimum Gasteiger partial charge on any atom is -0.277 e. The van der Waals surface area contributed by atoms with Crippen molar-refractivity contribution in [1.82, 2.24) is 19.0 Å². The van der Waals surface area contributed by atoms with E-state index in [0.29, 0.717) is 16.8 Å². The number of nitriles is 1. The first kappa shape index (κ1) is 24.8. The third-order valence-electron chi connectivity index (χ3n) is 5.89. The van der Waals surface area contributed by atoms with Gasteiger partial charge in [0.15, 0.2) is 0 Å². The Morgan fingerprint density at radius 3 is 2.36 bits per heavy atom. The Bertz CT molecular complexity index is 1590. The number of carbonyl (C=O) groups excluding carboxylic acids is 2. The summed E-state index contributed by atoms with van der Waals surface area (Å²) in [7, 11) is 0.542. The molecule has 4 rings (SSSR count). The topological polar surface area (TPSA) is 116 Å². The summed E-state index contributed by atoms with van der Waals surface area (Å²) in [5, 5.41) is 14.2. The zero-order chi connectivity index (χ0) is 26.2. The third-order valence-corrected chi connectivity index (χ3v) is 7.70. The highest BCUT2D eigenvalue weighted by Crippen LogP contribution is 2.31. The average Bonchev–Trinajstić information content (AvgIpc) is 3.30. The number of aromatic nitrogens is 2. The summed E-state index contributed by atoms with van der Waals surface area (Å²) in [6.45, 7) is 1.55. The van der Waals surface area contributed by atoms with E-state index in [-0.39, 0.29) is 21.6 Å². The van der Waals surface area contributed by atoms with Gasteiger partial charge in [0, 0.05) is 44.0 Å². The predicted molar refractivity (Wildman–Crippen MR) is 134 cm³/mol. The van der Waals surface area contributed by atoms with E-state index in [1.807, 2.05) is 36.4 Å². The van der Waals surface area contributed by atoms with Gasteiger partial charge in [0.25, 0.3) is 11.8 Å². The van der Waals surface area contributed by atoms with Crippen molar-refractivity contribution in [2.75, 3.05) is 21.1 Å². The lowest BCUT2D eigenvalue weighted by atomic mass is 9.93. The zero-order valence-corrected chi connectivity index (χ0v) is 20.9. The lowest BCUT2D eigenvalue weighted by Crippen LogP contribution is -2.39. The minimum absolute atomic E-state index is 0.0970. The van der Waals surface area contributed by atoms with Crippen LogP contribution >= 0.6 is 0 Å². The van der Waals surface area contributed by atoms with Crippen molar-refractivity contribution in [3.8, 4) is 23.0 Å². The van der Waals surface area contributed by atoms with Crippen LogP contribution in [0.15, 0.2) is 82.4 Å². The predicted octanol–water partition coefficient (Wildman–Crippen LogP) is 3.01. The van der Waals surface area contributed by atoms with Crippen LogP contribution in [-0.2, 0) is 19.6 Å². The number of imide groups is 1. The Kier molecular flexibility index (Phi) is 6.45. The molecule has 1 aliphatic rings. The molecular weight excluding hydrogens is 478 g/mol. The number of nitrogens with zero attached hydrogens (tertiary/aromatic N) is 5. The maximum atomic E-state index is 13.0. The first-order chi connectivity index (χ1) is 17.1. The number of para-hydroxylation sites is 1. The molecule has 0 fully saturated rings. The highest BCUT2D eigenvalue weighted by molar-refractivity contribution is 7.89. The Labute approximate surface area is 209 Å². The summed E-state index contributed by atoms with van der Waals surface area (Å²) >= 11 is 0. The summed E-state index contributed by atoms with van der Waals surface area (Å²) < 4.78 is 28.2. The summed E-state index contributed by atoms with van der Waals surface area (Å²) in [5.74, 6) is -1.20. The van der Waals surface area contributed by atoms with Crippen LogP contribution in [0.5, 0.6) is 0 Å². The summed E-state index contributed by atoms with van der Waals surface area (Å²) in [4.78, 5) is 26.3. The fourth-order valence-corrected chi connectivity index (χ4v) is 4.75. The number of hydrogen-bond acceptors (Lipinski definition) is 6. The molecule has 0 aliphatic carbocycles. The molecule has 0 atom stereocenters. The Hall–Kier alpha value is -4.33. The van der Waals surface area contributed by atoms with Crippen LogP contribution in [0.4, 0.5) is 0 Å². The lowest BCUT2D eigenvalue weighted by Gasteiger charge is -2.23. The molecule has 0 radical (unpaired) electrons. The maximum absolute atomic E-state index is 13.0. The van der Waals surface area contributed by atoms with E-state index in [0.717, 1.165) is 14.9 Å². The van der Waals surface area contributed by atoms with Crippen LogP contribution < -0.4 is 0 Å². The van der Waals surface area contributed by atoms with Gasteiger partial charge < -0.3 is 0 Å². The Balaban J connectivity index is 1.96. The van der Waals surface area contributed by atoms with Crippen molar-refractivity contribution in [1.29, 1.82) is 5.26 Å². The van der Waals surface area contributed by atoms with Crippen molar-refractivity contribution < 1.29 is 18.0 Å². The fraction of sp³-hybridized carbons (Fsp3) is 0.154. The second-order valence-corrected chi connectivity index (χ2v) is 10.5. The molecule has 2 heterocycles. The van der Waals surface area contributed by atoms with Crippen LogP contribution in [0.2, 0.25) is 0 Å². The van der Waals surface area contributed by atoms with Gasteiger partial charge in [-0.1, -0.05) is 30.3 Å². The molecule has 182 valence electrons. The van der Waals surface area contributed by atoms with Crippen molar-refractivity contribution in [3.63, 3.8) is 0 Å². The van der Waals surface area contributed by atoms with Gasteiger partial charge in [-0.3, -0.25) is 14.5 Å². The molecule has 0 spiro atoms. The van der Waals surface area contributed by atoms with E-state index in [9.17, 15) is 23.3 Å². The number of likely N-dealkylation sites (N-methyl/N-ethyl adjacent to an activating group) is 1. The van der Waals surface area contributed by atoms with Gasteiger partial charge >= 0.3 is 0 Å². The van der Waals surface area contributed by atoms with E-state index < -0.39 is 21.8 Å². The summed E-state index contributed by atoms with van der Waals surface area (Å²) in [5.41, 5.74) is 2.57. The quantitative estimate of drug-likeness (QED) is 0.392. The molecule has 0 saturated carbocycles. The standard InChI is InChI=1S/C26H23N5O4S/c1-17-22(25(32)30(4)26(33)23(17)15-27)14-19-16-31(20-10-6-5-7-11-20)28-24(19)18-9-8-12-21(13-18)36(34,35)29(2)3/h5-14,16H,1-4H3/b22-14+. The van der Waals surface area contributed by atoms with Gasteiger partial charge in [0.05, 0.1) is 10.6 Å². The molecule has 3 aromatic rings. The van der Waals surface area contributed by atoms with E-state index in [1.165, 1.54) is 33.3 Å². The fourth-order valence-electron chi connectivity index (χ4n) is 3.80.